The van der Waals surface area contributed by atoms with Crippen molar-refractivity contribution in [3.05, 3.63) is 23.8 Å². The first-order valence-electron chi connectivity index (χ1n) is 8.38. The number of anilines is 1. The maximum Gasteiger partial charge on any atom is 0.247 e. The van der Waals surface area contributed by atoms with Crippen LogP contribution >= 0.6 is 0 Å². The highest BCUT2D eigenvalue weighted by molar-refractivity contribution is 5.98. The average Bonchev–Trinajstić information content (AvgIpc) is 3.04. The first-order chi connectivity index (χ1) is 11.5. The van der Waals surface area contributed by atoms with E-state index >= 15 is 0 Å². The van der Waals surface area contributed by atoms with Crippen molar-refractivity contribution in [3.63, 3.8) is 0 Å². The average molecular weight is 333 g/mol. The SMILES string of the molecule is CNCC(C)C(=O)N1CCCC1C(=O)Nc1cc(C)ccc1OC. The number of ether oxygens (including phenoxy) is 1. The highest BCUT2D eigenvalue weighted by Gasteiger charge is 2.35. The molecule has 2 unspecified atom stereocenters. The van der Waals surface area contributed by atoms with Crippen molar-refractivity contribution in [2.45, 2.75) is 32.7 Å². The third-order valence-corrected chi connectivity index (χ3v) is 4.38. The molecule has 0 bridgehead atoms. The zero-order valence-electron chi connectivity index (χ0n) is 14.9. The summed E-state index contributed by atoms with van der Waals surface area (Å²) in [6.45, 7) is 5.08. The zero-order valence-corrected chi connectivity index (χ0v) is 14.9. The van der Waals surface area contributed by atoms with Gasteiger partial charge < -0.3 is 20.3 Å². The molecule has 132 valence electrons. The van der Waals surface area contributed by atoms with E-state index in [2.05, 4.69) is 10.6 Å². The molecule has 24 heavy (non-hydrogen) atoms. The van der Waals surface area contributed by atoms with E-state index in [0.29, 0.717) is 30.9 Å². The number of nitrogens with one attached hydrogen (secondary N) is 2. The number of hydrogen-bond donors (Lipinski definition) is 2. The summed E-state index contributed by atoms with van der Waals surface area (Å²) in [6, 6.07) is 5.22. The van der Waals surface area contributed by atoms with Gasteiger partial charge in [0, 0.05) is 19.0 Å². The molecular weight excluding hydrogens is 306 g/mol. The van der Waals surface area contributed by atoms with Crippen molar-refractivity contribution in [3.8, 4) is 5.75 Å². The summed E-state index contributed by atoms with van der Waals surface area (Å²) >= 11 is 0. The molecule has 6 heteroatoms. The van der Waals surface area contributed by atoms with Gasteiger partial charge >= 0.3 is 0 Å². The molecule has 2 amide bonds. The van der Waals surface area contributed by atoms with Gasteiger partial charge in [0.2, 0.25) is 11.8 Å². The van der Waals surface area contributed by atoms with Gasteiger partial charge in [-0.15, -0.1) is 0 Å². The van der Waals surface area contributed by atoms with E-state index in [1.807, 2.05) is 39.1 Å². The van der Waals surface area contributed by atoms with Gasteiger partial charge in [0.25, 0.3) is 0 Å². The Morgan fingerprint density at radius 1 is 1.42 bits per heavy atom. The topological polar surface area (TPSA) is 70.7 Å². The van der Waals surface area contributed by atoms with Crippen molar-refractivity contribution in [2.24, 2.45) is 5.92 Å². The number of amides is 2. The Morgan fingerprint density at radius 2 is 2.17 bits per heavy atom. The fourth-order valence-electron chi connectivity index (χ4n) is 3.12. The van der Waals surface area contributed by atoms with Crippen LogP contribution in [-0.4, -0.2) is 50.0 Å². The molecular formula is C18H27N3O3. The lowest BCUT2D eigenvalue weighted by molar-refractivity contribution is -0.139. The van der Waals surface area contributed by atoms with Gasteiger partial charge in [-0.25, -0.2) is 0 Å². The molecule has 0 spiro atoms. The van der Waals surface area contributed by atoms with Crippen LogP contribution in [0.3, 0.4) is 0 Å². The van der Waals surface area contributed by atoms with E-state index in [0.717, 1.165) is 12.0 Å². The summed E-state index contributed by atoms with van der Waals surface area (Å²) in [5, 5.41) is 5.94. The van der Waals surface area contributed by atoms with Crippen molar-refractivity contribution < 1.29 is 14.3 Å². The van der Waals surface area contributed by atoms with Crippen molar-refractivity contribution in [1.82, 2.24) is 10.2 Å². The highest BCUT2D eigenvalue weighted by atomic mass is 16.5. The number of carbonyl (C=O) groups is 2. The van der Waals surface area contributed by atoms with Crippen molar-refractivity contribution in [1.29, 1.82) is 0 Å². The number of nitrogens with zero attached hydrogens (tertiary/aromatic N) is 1. The van der Waals surface area contributed by atoms with E-state index in [-0.39, 0.29) is 17.7 Å². The van der Waals surface area contributed by atoms with Crippen LogP contribution in [0.2, 0.25) is 0 Å². The van der Waals surface area contributed by atoms with E-state index < -0.39 is 6.04 Å². The lowest BCUT2D eigenvalue weighted by Crippen LogP contribution is -2.46. The van der Waals surface area contributed by atoms with Gasteiger partial charge in [-0.05, 0) is 44.5 Å². The van der Waals surface area contributed by atoms with Gasteiger partial charge in [0.15, 0.2) is 0 Å². The lowest BCUT2D eigenvalue weighted by Gasteiger charge is -2.27. The van der Waals surface area contributed by atoms with Crippen LogP contribution in [0.1, 0.15) is 25.3 Å². The van der Waals surface area contributed by atoms with Crippen LogP contribution in [0, 0.1) is 12.8 Å². The van der Waals surface area contributed by atoms with E-state index in [1.54, 1.807) is 12.0 Å². The number of benzene rings is 1. The maximum atomic E-state index is 12.7. The molecule has 1 aliphatic rings. The first-order valence-corrected chi connectivity index (χ1v) is 8.38. The predicted octanol–water partition coefficient (Wildman–Crippen LogP) is 1.79. The normalized spacial score (nSPS) is 18.3. The second kappa shape index (κ2) is 8.15. The van der Waals surface area contributed by atoms with Crippen molar-refractivity contribution >= 4 is 17.5 Å². The smallest absolute Gasteiger partial charge is 0.247 e. The largest absolute Gasteiger partial charge is 0.495 e. The van der Waals surface area contributed by atoms with Crippen LogP contribution in [-0.2, 0) is 9.59 Å². The van der Waals surface area contributed by atoms with Gasteiger partial charge in [0.05, 0.1) is 12.8 Å². The monoisotopic (exact) mass is 333 g/mol. The molecule has 1 heterocycles. The number of carbonyl (C=O) groups excluding carboxylic acids is 2. The Hall–Kier alpha value is -2.08. The highest BCUT2D eigenvalue weighted by Crippen LogP contribution is 2.27. The van der Waals surface area contributed by atoms with Gasteiger partial charge in [0.1, 0.15) is 11.8 Å². The third-order valence-electron chi connectivity index (χ3n) is 4.38. The van der Waals surface area contributed by atoms with Crippen LogP contribution in [0.5, 0.6) is 5.75 Å². The Morgan fingerprint density at radius 3 is 2.83 bits per heavy atom. The summed E-state index contributed by atoms with van der Waals surface area (Å²) in [6.07, 6.45) is 1.54. The second-order valence-corrected chi connectivity index (χ2v) is 6.34. The summed E-state index contributed by atoms with van der Waals surface area (Å²) in [4.78, 5) is 27.0. The summed E-state index contributed by atoms with van der Waals surface area (Å²) in [5.74, 6) is 0.352. The predicted molar refractivity (Wildman–Crippen MR) is 94.2 cm³/mol. The number of aryl methyl sites for hydroxylation is 1. The zero-order chi connectivity index (χ0) is 17.7. The number of methoxy groups -OCH3 is 1. The molecule has 0 aromatic heterocycles. The molecule has 2 atom stereocenters. The lowest BCUT2D eigenvalue weighted by atomic mass is 10.1. The standard InChI is InChI=1S/C18H27N3O3/c1-12-7-8-16(24-4)14(10-12)20-17(22)15-6-5-9-21(15)18(23)13(2)11-19-3/h7-8,10,13,15,19H,5-6,9,11H2,1-4H3,(H,20,22). The summed E-state index contributed by atoms with van der Waals surface area (Å²) < 4.78 is 5.30. The number of rotatable bonds is 6. The van der Waals surface area contributed by atoms with Crippen LogP contribution in [0.25, 0.3) is 0 Å². The van der Waals surface area contributed by atoms with E-state index in [4.69, 9.17) is 4.74 Å². The molecule has 0 radical (unpaired) electrons. The Bertz CT molecular complexity index is 603. The molecule has 1 aromatic rings. The molecule has 1 aliphatic heterocycles. The third kappa shape index (κ3) is 4.06. The minimum absolute atomic E-state index is 0.0261. The summed E-state index contributed by atoms with van der Waals surface area (Å²) in [7, 11) is 3.40. The number of likely N-dealkylation sites (tertiary alicyclic amines) is 1. The molecule has 2 rings (SSSR count). The Labute approximate surface area is 143 Å². The Kier molecular flexibility index (Phi) is 6.20. The summed E-state index contributed by atoms with van der Waals surface area (Å²) in [5.41, 5.74) is 1.68. The quantitative estimate of drug-likeness (QED) is 0.833. The molecule has 0 aliphatic carbocycles. The second-order valence-electron chi connectivity index (χ2n) is 6.34. The number of hydrogen-bond acceptors (Lipinski definition) is 4. The van der Waals surface area contributed by atoms with Crippen LogP contribution in [0.4, 0.5) is 5.69 Å². The van der Waals surface area contributed by atoms with Crippen LogP contribution in [0.15, 0.2) is 18.2 Å². The molecule has 1 saturated heterocycles. The van der Waals surface area contributed by atoms with Crippen molar-refractivity contribution in [2.75, 3.05) is 32.6 Å². The minimum atomic E-state index is -0.415. The van der Waals surface area contributed by atoms with Gasteiger partial charge in [-0.3, -0.25) is 9.59 Å². The van der Waals surface area contributed by atoms with E-state index in [9.17, 15) is 9.59 Å². The molecule has 2 N–H and O–H groups in total. The Balaban J connectivity index is 2.11. The fourth-order valence-corrected chi connectivity index (χ4v) is 3.12. The molecule has 6 nitrogen and oxygen atoms in total. The van der Waals surface area contributed by atoms with E-state index in [1.165, 1.54) is 0 Å². The molecule has 1 aromatic carbocycles. The van der Waals surface area contributed by atoms with Gasteiger partial charge in [-0.2, -0.15) is 0 Å². The molecule has 1 fully saturated rings. The first kappa shape index (κ1) is 18.3. The minimum Gasteiger partial charge on any atom is -0.495 e. The fraction of sp³-hybridized carbons (Fsp3) is 0.556. The van der Waals surface area contributed by atoms with Gasteiger partial charge in [-0.1, -0.05) is 13.0 Å². The van der Waals surface area contributed by atoms with Crippen LogP contribution < -0.4 is 15.4 Å². The molecule has 0 saturated carbocycles. The maximum absolute atomic E-state index is 12.7.